The van der Waals surface area contributed by atoms with Gasteiger partial charge in [-0.1, -0.05) is 12.1 Å². The van der Waals surface area contributed by atoms with Gasteiger partial charge >= 0.3 is 0 Å². The van der Waals surface area contributed by atoms with E-state index in [9.17, 15) is 13.2 Å². The van der Waals surface area contributed by atoms with Crippen LogP contribution in [0.4, 0.5) is 5.69 Å². The number of benzene rings is 3. The average Bonchev–Trinajstić information content (AvgIpc) is 2.84. The summed E-state index contributed by atoms with van der Waals surface area (Å²) < 4.78 is 33.3. The fourth-order valence-electron chi connectivity index (χ4n) is 3.39. The summed E-state index contributed by atoms with van der Waals surface area (Å²) in [6, 6.07) is 21.0. The quantitative estimate of drug-likeness (QED) is 0.382. The number of anilines is 1. The smallest absolute Gasteiger partial charge is 0.264 e. The van der Waals surface area contributed by atoms with Crippen LogP contribution in [-0.2, 0) is 16.6 Å². The molecular weight excluding hydrogens is 468 g/mol. The first-order valence-electron chi connectivity index (χ1n) is 11.0. The van der Waals surface area contributed by atoms with Gasteiger partial charge in [-0.3, -0.25) is 9.10 Å². The molecule has 0 saturated heterocycles. The number of hydrogen-bond acceptors (Lipinski definition) is 5. The van der Waals surface area contributed by atoms with Crippen LogP contribution in [0.25, 0.3) is 0 Å². The van der Waals surface area contributed by atoms with Crippen molar-refractivity contribution in [3.8, 4) is 5.75 Å². The second kappa shape index (κ2) is 11.4. The van der Waals surface area contributed by atoms with E-state index in [0.717, 1.165) is 16.2 Å². The van der Waals surface area contributed by atoms with Crippen LogP contribution in [-0.4, -0.2) is 33.2 Å². The zero-order valence-electron chi connectivity index (χ0n) is 19.8. The Hall–Kier alpha value is -2.97. The Labute approximate surface area is 206 Å². The number of hydrogen-bond donors (Lipinski definition) is 1. The van der Waals surface area contributed by atoms with Gasteiger partial charge in [-0.25, -0.2) is 8.42 Å². The molecule has 0 aliphatic heterocycles. The number of nitrogens with one attached hydrogen (secondary N) is 1. The topological polar surface area (TPSA) is 75.7 Å². The predicted octanol–water partition coefficient (Wildman–Crippen LogP) is 5.34. The average molecular weight is 499 g/mol. The number of ether oxygens (including phenoxy) is 1. The molecule has 0 spiro atoms. The Morgan fingerprint density at radius 3 is 2.12 bits per heavy atom. The molecule has 0 aliphatic rings. The molecule has 1 amide bonds. The zero-order chi connectivity index (χ0) is 24.7. The highest BCUT2D eigenvalue weighted by molar-refractivity contribution is 7.98. The van der Waals surface area contributed by atoms with Gasteiger partial charge in [0.25, 0.3) is 15.9 Å². The molecule has 1 N–H and O–H groups in total. The Kier molecular flexibility index (Phi) is 8.63. The molecule has 0 unspecified atom stereocenters. The zero-order valence-corrected chi connectivity index (χ0v) is 21.4. The lowest BCUT2D eigenvalue weighted by Gasteiger charge is -2.23. The number of carbonyl (C=O) groups excluding carboxylic acids is 1. The van der Waals surface area contributed by atoms with E-state index in [4.69, 9.17) is 4.74 Å². The maximum atomic E-state index is 13.2. The number of amides is 1. The predicted molar refractivity (Wildman–Crippen MR) is 138 cm³/mol. The van der Waals surface area contributed by atoms with E-state index in [1.54, 1.807) is 67.2 Å². The van der Waals surface area contributed by atoms with Crippen LogP contribution >= 0.6 is 11.8 Å². The van der Waals surface area contributed by atoms with Gasteiger partial charge in [-0.05, 0) is 93.3 Å². The molecule has 0 saturated carbocycles. The highest BCUT2D eigenvalue weighted by Crippen LogP contribution is 2.25. The van der Waals surface area contributed by atoms with Gasteiger partial charge in [0.2, 0.25) is 0 Å². The fraction of sp³-hybridized carbons (Fsp3) is 0.269. The van der Waals surface area contributed by atoms with Crippen molar-refractivity contribution < 1.29 is 17.9 Å². The summed E-state index contributed by atoms with van der Waals surface area (Å²) in [5, 5.41) is 2.89. The van der Waals surface area contributed by atoms with Crippen molar-refractivity contribution >= 4 is 33.4 Å². The second-order valence-corrected chi connectivity index (χ2v) is 10.6. The molecule has 0 aromatic heterocycles. The minimum atomic E-state index is -3.71. The lowest BCUT2D eigenvalue weighted by molar-refractivity contribution is 0.0951. The molecule has 0 fully saturated rings. The Morgan fingerprint density at radius 1 is 0.971 bits per heavy atom. The molecule has 8 heteroatoms. The summed E-state index contributed by atoms with van der Waals surface area (Å²) in [5.41, 5.74) is 1.92. The van der Waals surface area contributed by atoms with Gasteiger partial charge in [-0.2, -0.15) is 0 Å². The summed E-state index contributed by atoms with van der Waals surface area (Å²) in [5.74, 6) is 0.559. The third kappa shape index (κ3) is 6.33. The normalized spacial score (nSPS) is 11.3. The van der Waals surface area contributed by atoms with Gasteiger partial charge in [-0.15, -0.1) is 11.8 Å². The number of nitrogens with zero attached hydrogens (tertiary/aromatic N) is 1. The molecule has 0 bridgehead atoms. The molecule has 0 aliphatic carbocycles. The van der Waals surface area contributed by atoms with Gasteiger partial charge < -0.3 is 10.1 Å². The van der Waals surface area contributed by atoms with Crippen LogP contribution in [0, 0.1) is 0 Å². The first-order chi connectivity index (χ1) is 16.2. The van der Waals surface area contributed by atoms with Gasteiger partial charge in [0.05, 0.1) is 16.7 Å². The van der Waals surface area contributed by atoms with Crippen LogP contribution in [0.15, 0.2) is 82.6 Å². The van der Waals surface area contributed by atoms with Crippen LogP contribution < -0.4 is 14.4 Å². The number of carbonyl (C=O) groups is 1. The second-order valence-electron chi connectivity index (χ2n) is 7.89. The molecule has 0 heterocycles. The molecule has 0 atom stereocenters. The lowest BCUT2D eigenvalue weighted by atomic mass is 10.1. The summed E-state index contributed by atoms with van der Waals surface area (Å²) >= 11 is 1.56. The monoisotopic (exact) mass is 498 g/mol. The van der Waals surface area contributed by atoms with E-state index in [2.05, 4.69) is 5.32 Å². The van der Waals surface area contributed by atoms with Crippen LogP contribution in [0.5, 0.6) is 5.75 Å². The summed E-state index contributed by atoms with van der Waals surface area (Å²) in [7, 11) is -3.71. The van der Waals surface area contributed by atoms with Crippen molar-refractivity contribution in [3.63, 3.8) is 0 Å². The van der Waals surface area contributed by atoms with Crippen molar-refractivity contribution in [2.24, 2.45) is 0 Å². The standard InChI is InChI=1S/C26H30N2O4S2/c1-5-28(34(30,31)25-16-14-24(33-4)15-17-25)22-10-8-21(9-11-22)26(29)27-18-20-6-12-23(13-7-20)32-19(2)3/h6-17,19H,5,18H2,1-4H3,(H,27,29). The van der Waals surface area contributed by atoms with E-state index in [-0.39, 0.29) is 23.5 Å². The van der Waals surface area contributed by atoms with E-state index in [1.165, 1.54) is 4.31 Å². The molecule has 6 nitrogen and oxygen atoms in total. The van der Waals surface area contributed by atoms with Crippen molar-refractivity contribution in [2.75, 3.05) is 17.1 Å². The van der Waals surface area contributed by atoms with Crippen molar-refractivity contribution in [1.82, 2.24) is 5.32 Å². The minimum Gasteiger partial charge on any atom is -0.491 e. The number of sulfonamides is 1. The highest BCUT2D eigenvalue weighted by atomic mass is 32.2. The van der Waals surface area contributed by atoms with Crippen molar-refractivity contribution in [1.29, 1.82) is 0 Å². The van der Waals surface area contributed by atoms with E-state index in [0.29, 0.717) is 17.8 Å². The lowest BCUT2D eigenvalue weighted by Crippen LogP contribution is -2.31. The van der Waals surface area contributed by atoms with E-state index >= 15 is 0 Å². The molecule has 180 valence electrons. The van der Waals surface area contributed by atoms with E-state index < -0.39 is 10.0 Å². The first kappa shape index (κ1) is 25.6. The molecule has 3 aromatic rings. The summed E-state index contributed by atoms with van der Waals surface area (Å²) in [4.78, 5) is 13.8. The van der Waals surface area contributed by atoms with Crippen LogP contribution in [0.2, 0.25) is 0 Å². The van der Waals surface area contributed by atoms with Gasteiger partial charge in [0, 0.05) is 23.5 Å². The molecule has 34 heavy (non-hydrogen) atoms. The Balaban J connectivity index is 1.67. The molecule has 0 radical (unpaired) electrons. The highest BCUT2D eigenvalue weighted by Gasteiger charge is 2.23. The van der Waals surface area contributed by atoms with Crippen molar-refractivity contribution in [3.05, 3.63) is 83.9 Å². The minimum absolute atomic E-state index is 0.104. The largest absolute Gasteiger partial charge is 0.491 e. The third-order valence-corrected chi connectivity index (χ3v) is 7.76. The van der Waals surface area contributed by atoms with Crippen LogP contribution in [0.3, 0.4) is 0 Å². The number of rotatable bonds is 10. The maximum Gasteiger partial charge on any atom is 0.264 e. The van der Waals surface area contributed by atoms with Gasteiger partial charge in [0.1, 0.15) is 5.75 Å². The summed E-state index contributed by atoms with van der Waals surface area (Å²) in [6.07, 6.45) is 2.05. The van der Waals surface area contributed by atoms with Crippen molar-refractivity contribution in [2.45, 2.75) is 43.2 Å². The van der Waals surface area contributed by atoms with Gasteiger partial charge in [0.15, 0.2) is 0 Å². The first-order valence-corrected chi connectivity index (χ1v) is 13.7. The maximum absolute atomic E-state index is 13.2. The Bertz CT molecular complexity index is 1190. The molecule has 3 rings (SSSR count). The fourth-order valence-corrected chi connectivity index (χ4v) is 5.27. The number of thioether (sulfide) groups is 1. The molecular formula is C26H30N2O4S2. The Morgan fingerprint density at radius 2 is 1.59 bits per heavy atom. The van der Waals surface area contributed by atoms with Crippen LogP contribution in [0.1, 0.15) is 36.7 Å². The third-order valence-electron chi connectivity index (χ3n) is 5.10. The molecule has 3 aromatic carbocycles. The SMILES string of the molecule is CCN(c1ccc(C(=O)NCc2ccc(OC(C)C)cc2)cc1)S(=O)(=O)c1ccc(SC)cc1. The van der Waals surface area contributed by atoms with E-state index in [1.807, 2.05) is 44.4 Å². The summed E-state index contributed by atoms with van der Waals surface area (Å²) in [6.45, 7) is 6.37.